The highest BCUT2D eigenvalue weighted by Gasteiger charge is 2.16. The van der Waals surface area contributed by atoms with Crippen molar-refractivity contribution in [3.63, 3.8) is 0 Å². The maximum absolute atomic E-state index is 11.8. The molecule has 3 nitrogen and oxygen atoms in total. The normalized spacial score (nSPS) is 17.9. The Labute approximate surface area is 124 Å². The Morgan fingerprint density at radius 2 is 2.20 bits per heavy atom. The van der Waals surface area contributed by atoms with Crippen molar-refractivity contribution in [1.82, 2.24) is 4.90 Å². The van der Waals surface area contributed by atoms with Crippen molar-refractivity contribution in [3.05, 3.63) is 24.3 Å². The van der Waals surface area contributed by atoms with E-state index in [2.05, 4.69) is 12.7 Å². The monoisotopic (exact) mass is 281 g/mol. The molecule has 0 aromatic heterocycles. The molecule has 0 N–H and O–H groups in total. The molecule has 1 atom stereocenters. The van der Waals surface area contributed by atoms with Crippen LogP contribution in [0.3, 0.4) is 0 Å². The van der Waals surface area contributed by atoms with Crippen LogP contribution in [0.4, 0.5) is 0 Å². The SMILES string of the molecule is C.C=CC1=CCCCC1CCOCC(=O)N(CC)CC. The summed E-state index contributed by atoms with van der Waals surface area (Å²) in [5, 5.41) is 0. The van der Waals surface area contributed by atoms with Gasteiger partial charge in [-0.25, -0.2) is 0 Å². The Morgan fingerprint density at radius 1 is 1.50 bits per heavy atom. The third-order valence-corrected chi connectivity index (χ3v) is 3.80. The highest BCUT2D eigenvalue weighted by Crippen LogP contribution is 2.28. The summed E-state index contributed by atoms with van der Waals surface area (Å²) in [5.41, 5.74) is 1.35. The van der Waals surface area contributed by atoms with Gasteiger partial charge in [0, 0.05) is 19.7 Å². The minimum absolute atomic E-state index is 0. The molecule has 0 aromatic carbocycles. The average molecular weight is 281 g/mol. The molecule has 1 amide bonds. The van der Waals surface area contributed by atoms with Gasteiger partial charge < -0.3 is 9.64 Å². The highest BCUT2D eigenvalue weighted by molar-refractivity contribution is 5.77. The van der Waals surface area contributed by atoms with Gasteiger partial charge in [0.25, 0.3) is 0 Å². The van der Waals surface area contributed by atoms with Crippen LogP contribution in [-0.4, -0.2) is 37.1 Å². The molecule has 0 fully saturated rings. The number of rotatable bonds is 8. The Balaban J connectivity index is 0.00000361. The summed E-state index contributed by atoms with van der Waals surface area (Å²) in [5.74, 6) is 0.655. The number of likely N-dealkylation sites (N-methyl/N-ethyl adjacent to an activating group) is 1. The zero-order chi connectivity index (χ0) is 14.1. The van der Waals surface area contributed by atoms with Crippen molar-refractivity contribution in [2.75, 3.05) is 26.3 Å². The number of nitrogens with zero attached hydrogens (tertiary/aromatic N) is 1. The summed E-state index contributed by atoms with van der Waals surface area (Å²) in [6, 6.07) is 0. The first-order chi connectivity index (χ1) is 9.22. The van der Waals surface area contributed by atoms with Crippen LogP contribution < -0.4 is 0 Å². The molecule has 1 unspecified atom stereocenters. The smallest absolute Gasteiger partial charge is 0.248 e. The van der Waals surface area contributed by atoms with E-state index in [0.717, 1.165) is 19.5 Å². The Morgan fingerprint density at radius 3 is 2.80 bits per heavy atom. The summed E-state index contributed by atoms with van der Waals surface area (Å²) in [7, 11) is 0. The standard InChI is InChI=1S/C16H27NO2.CH4/c1-4-14-9-7-8-10-15(14)11-12-19-13-16(18)17(5-2)6-3;/h4,9,15H,1,5-8,10-13H2,2-3H3;1H4. The number of carbonyl (C=O) groups excluding carboxylic acids is 1. The maximum Gasteiger partial charge on any atom is 0.248 e. The third kappa shape index (κ3) is 5.91. The van der Waals surface area contributed by atoms with Crippen molar-refractivity contribution in [2.45, 2.75) is 47.0 Å². The van der Waals surface area contributed by atoms with Gasteiger partial charge in [0.1, 0.15) is 6.61 Å². The lowest BCUT2D eigenvalue weighted by molar-refractivity contribution is -0.135. The quantitative estimate of drug-likeness (QED) is 0.633. The molecule has 0 heterocycles. The van der Waals surface area contributed by atoms with Gasteiger partial charge in [-0.2, -0.15) is 0 Å². The second kappa shape index (κ2) is 10.7. The number of amides is 1. The van der Waals surface area contributed by atoms with Crippen LogP contribution in [0.15, 0.2) is 24.3 Å². The molecule has 1 aliphatic carbocycles. The first-order valence-corrected chi connectivity index (χ1v) is 7.40. The summed E-state index contributed by atoms with van der Waals surface area (Å²) in [4.78, 5) is 13.6. The summed E-state index contributed by atoms with van der Waals surface area (Å²) < 4.78 is 5.52. The summed E-state index contributed by atoms with van der Waals surface area (Å²) in [6.45, 7) is 10.2. The van der Waals surface area contributed by atoms with E-state index in [1.807, 2.05) is 19.9 Å². The number of carbonyl (C=O) groups is 1. The van der Waals surface area contributed by atoms with Gasteiger partial charge in [-0.15, -0.1) is 0 Å². The maximum atomic E-state index is 11.8. The highest BCUT2D eigenvalue weighted by atomic mass is 16.5. The lowest BCUT2D eigenvalue weighted by Crippen LogP contribution is -2.33. The molecule has 0 radical (unpaired) electrons. The predicted octanol–water partition coefficient (Wildman–Crippen LogP) is 3.81. The van der Waals surface area contributed by atoms with Crippen LogP contribution in [-0.2, 0) is 9.53 Å². The first kappa shape index (κ1) is 18.9. The largest absolute Gasteiger partial charge is 0.372 e. The van der Waals surface area contributed by atoms with Crippen molar-refractivity contribution in [1.29, 1.82) is 0 Å². The van der Waals surface area contributed by atoms with E-state index in [1.165, 1.54) is 24.8 Å². The Hall–Kier alpha value is -1.09. The molecule has 0 saturated heterocycles. The van der Waals surface area contributed by atoms with Crippen molar-refractivity contribution in [3.8, 4) is 0 Å². The number of hydrogen-bond donors (Lipinski definition) is 0. The molecular weight excluding hydrogens is 250 g/mol. The zero-order valence-corrected chi connectivity index (χ0v) is 12.4. The first-order valence-electron chi connectivity index (χ1n) is 7.40. The van der Waals surface area contributed by atoms with Crippen LogP contribution in [0.1, 0.15) is 47.0 Å². The predicted molar refractivity (Wildman–Crippen MR) is 85.7 cm³/mol. The molecule has 0 bridgehead atoms. The molecule has 0 saturated carbocycles. The van der Waals surface area contributed by atoms with Crippen LogP contribution in [0.2, 0.25) is 0 Å². The van der Waals surface area contributed by atoms with Crippen LogP contribution >= 0.6 is 0 Å². The van der Waals surface area contributed by atoms with Gasteiger partial charge in [-0.3, -0.25) is 4.79 Å². The zero-order valence-electron chi connectivity index (χ0n) is 12.4. The molecule has 1 rings (SSSR count). The molecule has 0 aliphatic heterocycles. The van der Waals surface area contributed by atoms with Gasteiger partial charge in [-0.05, 0) is 51.0 Å². The van der Waals surface area contributed by atoms with Gasteiger partial charge >= 0.3 is 0 Å². The molecule has 1 aliphatic rings. The molecule has 0 spiro atoms. The Bertz CT molecular complexity index is 319. The Kier molecular flexibility index (Phi) is 10.1. The van der Waals surface area contributed by atoms with Gasteiger partial charge in [0.15, 0.2) is 0 Å². The summed E-state index contributed by atoms with van der Waals surface area (Å²) >= 11 is 0. The minimum atomic E-state index is 0. The van der Waals surface area contributed by atoms with E-state index in [1.54, 1.807) is 4.90 Å². The van der Waals surface area contributed by atoms with E-state index in [9.17, 15) is 4.79 Å². The lowest BCUT2D eigenvalue weighted by atomic mass is 9.85. The van der Waals surface area contributed by atoms with E-state index in [-0.39, 0.29) is 19.9 Å². The minimum Gasteiger partial charge on any atom is -0.372 e. The molecule has 0 aromatic rings. The van der Waals surface area contributed by atoms with E-state index in [0.29, 0.717) is 12.5 Å². The molecule has 20 heavy (non-hydrogen) atoms. The fourth-order valence-corrected chi connectivity index (χ4v) is 2.58. The van der Waals surface area contributed by atoms with E-state index in [4.69, 9.17) is 4.74 Å². The van der Waals surface area contributed by atoms with Crippen LogP contribution in [0.25, 0.3) is 0 Å². The third-order valence-electron chi connectivity index (χ3n) is 3.80. The fourth-order valence-electron chi connectivity index (χ4n) is 2.58. The van der Waals surface area contributed by atoms with Crippen molar-refractivity contribution >= 4 is 5.91 Å². The van der Waals surface area contributed by atoms with Gasteiger partial charge in [-0.1, -0.05) is 26.2 Å². The van der Waals surface area contributed by atoms with Crippen molar-refractivity contribution in [2.24, 2.45) is 5.92 Å². The van der Waals surface area contributed by atoms with Crippen LogP contribution in [0.5, 0.6) is 0 Å². The second-order valence-electron chi connectivity index (χ2n) is 4.94. The topological polar surface area (TPSA) is 29.5 Å². The molecule has 3 heteroatoms. The fraction of sp³-hybridized carbons (Fsp3) is 0.706. The van der Waals surface area contributed by atoms with E-state index >= 15 is 0 Å². The molecular formula is C17H31NO2. The second-order valence-corrected chi connectivity index (χ2v) is 4.94. The lowest BCUT2D eigenvalue weighted by Gasteiger charge is -2.22. The average Bonchev–Trinajstić information content (AvgIpc) is 2.45. The number of allylic oxidation sites excluding steroid dienone is 3. The molecule has 116 valence electrons. The van der Waals surface area contributed by atoms with E-state index < -0.39 is 0 Å². The summed E-state index contributed by atoms with van der Waals surface area (Å²) in [6.07, 6.45) is 8.86. The number of hydrogen-bond acceptors (Lipinski definition) is 2. The van der Waals surface area contributed by atoms with Gasteiger partial charge in [0.2, 0.25) is 5.91 Å². The van der Waals surface area contributed by atoms with Crippen molar-refractivity contribution < 1.29 is 9.53 Å². The number of ether oxygens (including phenoxy) is 1. The van der Waals surface area contributed by atoms with Gasteiger partial charge in [0.05, 0.1) is 0 Å². The van der Waals surface area contributed by atoms with Crippen LogP contribution in [0, 0.1) is 5.92 Å².